The summed E-state index contributed by atoms with van der Waals surface area (Å²) in [5, 5.41) is 23.5. The highest BCUT2D eigenvalue weighted by molar-refractivity contribution is 5.88. The molecule has 0 amide bonds. The van der Waals surface area contributed by atoms with E-state index in [1.807, 2.05) is 6.07 Å². The standard InChI is InChI=1S/C17H15F3N4O2/c18-17(19,20)11-2-1-3-12(7-11)22-16-6-10(9-21)14-8-13(24(25)26)4-5-15(14)23-16/h4-6,8,11-12H,1-3,7H2,(H,22,23). The zero-order chi connectivity index (χ0) is 18.9. The van der Waals surface area contributed by atoms with E-state index in [0.29, 0.717) is 29.6 Å². The molecule has 0 radical (unpaired) electrons. The zero-order valence-electron chi connectivity index (χ0n) is 13.6. The first kappa shape index (κ1) is 17.9. The lowest BCUT2D eigenvalue weighted by Gasteiger charge is -2.31. The maximum atomic E-state index is 12.9. The first-order valence-corrected chi connectivity index (χ1v) is 8.10. The second kappa shape index (κ2) is 6.78. The number of hydrogen-bond acceptors (Lipinski definition) is 5. The number of rotatable bonds is 3. The second-order valence-electron chi connectivity index (χ2n) is 6.37. The smallest absolute Gasteiger partial charge is 0.367 e. The molecular formula is C17H15F3N4O2. The molecule has 1 aromatic heterocycles. The van der Waals surface area contributed by atoms with Gasteiger partial charge >= 0.3 is 6.18 Å². The van der Waals surface area contributed by atoms with Gasteiger partial charge in [0.2, 0.25) is 0 Å². The van der Waals surface area contributed by atoms with Crippen molar-refractivity contribution in [2.45, 2.75) is 37.9 Å². The molecule has 26 heavy (non-hydrogen) atoms. The number of nitrogens with zero attached hydrogens (tertiary/aromatic N) is 3. The average Bonchev–Trinajstić information content (AvgIpc) is 2.60. The largest absolute Gasteiger partial charge is 0.391 e. The Morgan fingerprint density at radius 1 is 1.31 bits per heavy atom. The van der Waals surface area contributed by atoms with Crippen LogP contribution in [0.2, 0.25) is 0 Å². The fraction of sp³-hybridized carbons (Fsp3) is 0.412. The first-order chi connectivity index (χ1) is 12.3. The third kappa shape index (κ3) is 3.69. The number of anilines is 1. The van der Waals surface area contributed by atoms with Gasteiger partial charge in [0.25, 0.3) is 5.69 Å². The molecule has 2 atom stereocenters. The fourth-order valence-corrected chi connectivity index (χ4v) is 3.32. The van der Waals surface area contributed by atoms with Crippen LogP contribution in [0.4, 0.5) is 24.7 Å². The van der Waals surface area contributed by atoms with Gasteiger partial charge in [-0.15, -0.1) is 0 Å². The van der Waals surface area contributed by atoms with Crippen LogP contribution < -0.4 is 5.32 Å². The summed E-state index contributed by atoms with van der Waals surface area (Å²) in [6, 6.07) is 6.98. The van der Waals surface area contributed by atoms with Gasteiger partial charge in [-0.05, 0) is 31.4 Å². The Hall–Kier alpha value is -2.89. The van der Waals surface area contributed by atoms with Gasteiger partial charge in [0.05, 0.1) is 28.0 Å². The van der Waals surface area contributed by atoms with Crippen LogP contribution in [0, 0.1) is 27.4 Å². The SMILES string of the molecule is N#Cc1cc(NC2CCCC(C(F)(F)F)C2)nc2ccc([N+](=O)[O-])cc12. The molecule has 6 nitrogen and oxygen atoms in total. The number of nitriles is 1. The van der Waals surface area contributed by atoms with Crippen LogP contribution in [0.3, 0.4) is 0 Å². The van der Waals surface area contributed by atoms with Gasteiger partial charge < -0.3 is 5.32 Å². The number of pyridine rings is 1. The van der Waals surface area contributed by atoms with Gasteiger partial charge in [-0.3, -0.25) is 10.1 Å². The number of alkyl halides is 3. The number of fused-ring (bicyclic) bond motifs is 1. The average molecular weight is 364 g/mol. The van der Waals surface area contributed by atoms with Crippen molar-refractivity contribution in [1.82, 2.24) is 4.98 Å². The summed E-state index contributed by atoms with van der Waals surface area (Å²) in [6.07, 6.45) is -3.07. The Balaban J connectivity index is 1.88. The summed E-state index contributed by atoms with van der Waals surface area (Å²) >= 11 is 0. The van der Waals surface area contributed by atoms with Crippen molar-refractivity contribution in [1.29, 1.82) is 5.26 Å². The Labute approximate surface area is 146 Å². The van der Waals surface area contributed by atoms with Gasteiger partial charge in [0, 0.05) is 23.6 Å². The minimum atomic E-state index is -4.21. The van der Waals surface area contributed by atoms with E-state index in [1.165, 1.54) is 24.3 Å². The number of halogens is 3. The van der Waals surface area contributed by atoms with Crippen LogP contribution in [-0.4, -0.2) is 22.1 Å². The zero-order valence-corrected chi connectivity index (χ0v) is 13.6. The fourth-order valence-electron chi connectivity index (χ4n) is 3.32. The first-order valence-electron chi connectivity index (χ1n) is 8.10. The summed E-state index contributed by atoms with van der Waals surface area (Å²) < 4.78 is 38.8. The Morgan fingerprint density at radius 2 is 2.08 bits per heavy atom. The minimum Gasteiger partial charge on any atom is -0.367 e. The van der Waals surface area contributed by atoms with Crippen LogP contribution in [0.1, 0.15) is 31.2 Å². The number of nitrogens with one attached hydrogen (secondary N) is 1. The molecule has 1 aliphatic carbocycles. The van der Waals surface area contributed by atoms with Crippen LogP contribution in [0.15, 0.2) is 24.3 Å². The van der Waals surface area contributed by atoms with E-state index in [4.69, 9.17) is 0 Å². The molecule has 0 saturated heterocycles. The Bertz CT molecular complexity index is 892. The molecule has 9 heteroatoms. The topological polar surface area (TPSA) is 91.8 Å². The lowest BCUT2D eigenvalue weighted by Crippen LogP contribution is -2.34. The molecule has 1 N–H and O–H groups in total. The third-order valence-corrected chi connectivity index (χ3v) is 4.61. The predicted molar refractivity (Wildman–Crippen MR) is 88.5 cm³/mol. The molecule has 136 valence electrons. The molecule has 1 aliphatic rings. The van der Waals surface area contributed by atoms with E-state index in [-0.39, 0.29) is 30.1 Å². The summed E-state index contributed by atoms with van der Waals surface area (Å²) in [7, 11) is 0. The summed E-state index contributed by atoms with van der Waals surface area (Å²) in [5.74, 6) is -1.04. The van der Waals surface area contributed by atoms with E-state index in [1.54, 1.807) is 0 Å². The molecule has 0 spiro atoms. The lowest BCUT2D eigenvalue weighted by atomic mass is 9.85. The highest BCUT2D eigenvalue weighted by Crippen LogP contribution is 2.38. The maximum Gasteiger partial charge on any atom is 0.391 e. The van der Waals surface area contributed by atoms with Crippen molar-refractivity contribution in [3.63, 3.8) is 0 Å². The van der Waals surface area contributed by atoms with E-state index in [2.05, 4.69) is 10.3 Å². The van der Waals surface area contributed by atoms with Crippen molar-refractivity contribution in [2.24, 2.45) is 5.92 Å². The molecular weight excluding hydrogens is 349 g/mol. The molecule has 1 fully saturated rings. The van der Waals surface area contributed by atoms with Crippen LogP contribution in [0.25, 0.3) is 10.9 Å². The van der Waals surface area contributed by atoms with Gasteiger partial charge in [-0.2, -0.15) is 18.4 Å². The molecule has 1 aromatic carbocycles. The van der Waals surface area contributed by atoms with Gasteiger partial charge in [0.15, 0.2) is 0 Å². The van der Waals surface area contributed by atoms with Crippen LogP contribution in [-0.2, 0) is 0 Å². The molecule has 2 aromatic rings. The number of hydrogen-bond donors (Lipinski definition) is 1. The second-order valence-corrected chi connectivity index (χ2v) is 6.37. The molecule has 2 unspecified atom stereocenters. The lowest BCUT2D eigenvalue weighted by molar-refractivity contribution is -0.384. The quantitative estimate of drug-likeness (QED) is 0.637. The highest BCUT2D eigenvalue weighted by Gasteiger charge is 2.42. The maximum absolute atomic E-state index is 12.9. The number of nitro groups is 1. The van der Waals surface area contributed by atoms with Crippen molar-refractivity contribution < 1.29 is 18.1 Å². The van der Waals surface area contributed by atoms with Crippen molar-refractivity contribution in [3.8, 4) is 6.07 Å². The summed E-state index contributed by atoms with van der Waals surface area (Å²) in [4.78, 5) is 14.6. The van der Waals surface area contributed by atoms with Crippen molar-refractivity contribution in [2.75, 3.05) is 5.32 Å². The molecule has 1 heterocycles. The van der Waals surface area contributed by atoms with E-state index >= 15 is 0 Å². The third-order valence-electron chi connectivity index (χ3n) is 4.61. The van der Waals surface area contributed by atoms with Gasteiger partial charge in [-0.1, -0.05) is 6.42 Å². The Morgan fingerprint density at radius 3 is 2.73 bits per heavy atom. The van der Waals surface area contributed by atoms with Crippen molar-refractivity contribution in [3.05, 3.63) is 39.9 Å². The summed E-state index contributed by atoms with van der Waals surface area (Å²) in [5.41, 5.74) is 0.404. The number of aromatic nitrogens is 1. The highest BCUT2D eigenvalue weighted by atomic mass is 19.4. The number of benzene rings is 1. The van der Waals surface area contributed by atoms with Crippen LogP contribution in [0.5, 0.6) is 0 Å². The van der Waals surface area contributed by atoms with Crippen LogP contribution >= 0.6 is 0 Å². The molecule has 0 aliphatic heterocycles. The molecule has 3 rings (SSSR count). The number of non-ortho nitro benzene ring substituents is 1. The Kier molecular flexibility index (Phi) is 4.68. The monoisotopic (exact) mass is 364 g/mol. The normalized spacial score (nSPS) is 20.5. The van der Waals surface area contributed by atoms with Crippen molar-refractivity contribution >= 4 is 22.4 Å². The predicted octanol–water partition coefficient (Wildman–Crippen LogP) is 4.55. The number of nitro benzene ring substituents is 1. The van der Waals surface area contributed by atoms with E-state index in [9.17, 15) is 28.5 Å². The minimum absolute atomic E-state index is 0.0363. The van der Waals surface area contributed by atoms with E-state index < -0.39 is 17.0 Å². The molecule has 0 bridgehead atoms. The summed E-state index contributed by atoms with van der Waals surface area (Å²) in [6.45, 7) is 0. The van der Waals surface area contributed by atoms with E-state index in [0.717, 1.165) is 0 Å². The van der Waals surface area contributed by atoms with Gasteiger partial charge in [0.1, 0.15) is 5.82 Å². The van der Waals surface area contributed by atoms with Gasteiger partial charge in [-0.25, -0.2) is 4.98 Å². The molecule has 1 saturated carbocycles.